The Kier molecular flexibility index (Phi) is 4.93. The van der Waals surface area contributed by atoms with E-state index in [0.29, 0.717) is 14.8 Å². The molecule has 124 valence electrons. The fraction of sp³-hybridized carbons (Fsp3) is 0.250. The summed E-state index contributed by atoms with van der Waals surface area (Å²) in [5.41, 5.74) is 1.01. The van der Waals surface area contributed by atoms with E-state index in [2.05, 4.69) is 0 Å². The van der Waals surface area contributed by atoms with E-state index in [9.17, 15) is 16.8 Å². The van der Waals surface area contributed by atoms with Crippen LogP contribution in [0.3, 0.4) is 0 Å². The normalized spacial score (nSPS) is 12.5. The first kappa shape index (κ1) is 17.7. The summed E-state index contributed by atoms with van der Waals surface area (Å²) in [6.07, 6.45) is 0. The zero-order chi connectivity index (χ0) is 17.3. The van der Waals surface area contributed by atoms with Crippen molar-refractivity contribution >= 4 is 20.0 Å². The lowest BCUT2D eigenvalue weighted by atomic mass is 10.2. The number of rotatable bonds is 5. The molecule has 2 rings (SSSR count). The summed E-state index contributed by atoms with van der Waals surface area (Å²) in [5.74, 6) is 0. The summed E-state index contributed by atoms with van der Waals surface area (Å²) >= 11 is 0. The minimum atomic E-state index is -4.16. The van der Waals surface area contributed by atoms with E-state index in [1.165, 1.54) is 19.1 Å². The lowest BCUT2D eigenvalue weighted by Gasteiger charge is -2.22. The van der Waals surface area contributed by atoms with Crippen LogP contribution in [0.4, 0.5) is 0 Å². The van der Waals surface area contributed by atoms with Gasteiger partial charge in [0, 0.05) is 6.54 Å². The van der Waals surface area contributed by atoms with Gasteiger partial charge in [-0.1, -0.05) is 47.0 Å². The molecule has 0 saturated carbocycles. The summed E-state index contributed by atoms with van der Waals surface area (Å²) in [7, 11) is -8.32. The Labute approximate surface area is 137 Å². The van der Waals surface area contributed by atoms with Crippen LogP contribution >= 0.6 is 0 Å². The number of aryl methyl sites for hydroxylation is 2. The molecule has 0 unspecified atom stereocenters. The second-order valence-electron chi connectivity index (χ2n) is 5.13. The van der Waals surface area contributed by atoms with Gasteiger partial charge in [-0.05, 0) is 37.1 Å². The summed E-state index contributed by atoms with van der Waals surface area (Å²) in [5, 5.41) is 0. The van der Waals surface area contributed by atoms with Gasteiger partial charge in [0.1, 0.15) is 0 Å². The highest BCUT2D eigenvalue weighted by Crippen LogP contribution is 2.27. The summed E-state index contributed by atoms with van der Waals surface area (Å²) in [4.78, 5) is -0.00183. The van der Waals surface area contributed by atoms with E-state index in [0.717, 1.165) is 0 Å². The summed E-state index contributed by atoms with van der Waals surface area (Å²) in [6.45, 7) is 4.61. The maximum absolute atomic E-state index is 12.9. The van der Waals surface area contributed by atoms with Crippen LogP contribution in [0.5, 0.6) is 0 Å². The predicted molar refractivity (Wildman–Crippen MR) is 89.1 cm³/mol. The molecule has 0 aliphatic carbocycles. The predicted octanol–water partition coefficient (Wildman–Crippen LogP) is 2.70. The fourth-order valence-corrected chi connectivity index (χ4v) is 6.46. The second-order valence-corrected chi connectivity index (χ2v) is 9.02. The Morgan fingerprint density at radius 2 is 1.09 bits per heavy atom. The van der Waals surface area contributed by atoms with Crippen molar-refractivity contribution in [2.75, 3.05) is 6.54 Å². The Hall–Kier alpha value is -1.70. The Morgan fingerprint density at radius 1 is 0.739 bits per heavy atom. The van der Waals surface area contributed by atoms with Crippen molar-refractivity contribution in [2.24, 2.45) is 0 Å². The molecule has 0 aromatic heterocycles. The molecule has 0 radical (unpaired) electrons. The summed E-state index contributed by atoms with van der Waals surface area (Å²) < 4.78 is 52.0. The first-order valence-electron chi connectivity index (χ1n) is 7.12. The number of benzene rings is 2. The van der Waals surface area contributed by atoms with Crippen LogP contribution in [0.15, 0.2) is 58.3 Å². The molecular weight excluding hydrogens is 334 g/mol. The number of nitrogens with zero attached hydrogens (tertiary/aromatic N) is 1. The third-order valence-electron chi connectivity index (χ3n) is 3.54. The molecule has 23 heavy (non-hydrogen) atoms. The van der Waals surface area contributed by atoms with Crippen LogP contribution in [0.25, 0.3) is 0 Å². The largest absolute Gasteiger partial charge is 0.256 e. The first-order valence-corrected chi connectivity index (χ1v) is 10.00. The molecule has 0 saturated heterocycles. The van der Waals surface area contributed by atoms with Gasteiger partial charge in [-0.25, -0.2) is 16.8 Å². The van der Waals surface area contributed by atoms with Crippen molar-refractivity contribution in [3.8, 4) is 0 Å². The Bertz CT molecular complexity index is 843. The molecule has 5 nitrogen and oxygen atoms in total. The average Bonchev–Trinajstić information content (AvgIpc) is 2.47. The van der Waals surface area contributed by atoms with Crippen molar-refractivity contribution in [3.05, 3.63) is 59.7 Å². The molecule has 0 heterocycles. The highest BCUT2D eigenvalue weighted by Gasteiger charge is 2.36. The topological polar surface area (TPSA) is 71.5 Å². The summed E-state index contributed by atoms with van der Waals surface area (Å²) in [6, 6.07) is 12.7. The van der Waals surface area contributed by atoms with Crippen LogP contribution in [-0.4, -0.2) is 27.1 Å². The molecule has 0 amide bonds. The molecule has 2 aromatic rings. The zero-order valence-corrected chi connectivity index (χ0v) is 14.9. The highest BCUT2D eigenvalue weighted by atomic mass is 32.3. The van der Waals surface area contributed by atoms with Crippen molar-refractivity contribution in [1.29, 1.82) is 0 Å². The van der Waals surface area contributed by atoms with Gasteiger partial charge in [0.05, 0.1) is 9.79 Å². The Balaban J connectivity index is 2.65. The standard InChI is InChI=1S/C16H19NO4S2/c1-4-17(22(18,19)15-11-7-5-9-13(15)2)23(20,21)16-12-8-6-10-14(16)3/h5-12H,4H2,1-3H3. The minimum Gasteiger partial charge on any atom is -0.206 e. The van der Waals surface area contributed by atoms with Gasteiger partial charge in [-0.3, -0.25) is 0 Å². The number of hydrogen-bond acceptors (Lipinski definition) is 4. The van der Waals surface area contributed by atoms with Crippen LogP contribution in [0, 0.1) is 13.8 Å². The van der Waals surface area contributed by atoms with E-state index in [-0.39, 0.29) is 16.3 Å². The molecule has 0 fully saturated rings. The maximum atomic E-state index is 12.9. The van der Waals surface area contributed by atoms with Crippen LogP contribution in [-0.2, 0) is 20.0 Å². The number of sulfonamides is 2. The zero-order valence-electron chi connectivity index (χ0n) is 13.2. The molecular formula is C16H19NO4S2. The quantitative estimate of drug-likeness (QED) is 0.828. The van der Waals surface area contributed by atoms with Crippen molar-refractivity contribution in [2.45, 2.75) is 30.6 Å². The van der Waals surface area contributed by atoms with E-state index < -0.39 is 20.0 Å². The van der Waals surface area contributed by atoms with Crippen molar-refractivity contribution in [1.82, 2.24) is 3.71 Å². The number of hydrogen-bond donors (Lipinski definition) is 0. The van der Waals surface area contributed by atoms with Gasteiger partial charge in [-0.2, -0.15) is 0 Å². The van der Waals surface area contributed by atoms with Crippen LogP contribution in [0.1, 0.15) is 18.1 Å². The SMILES string of the molecule is CCN(S(=O)(=O)c1ccccc1C)S(=O)(=O)c1ccccc1C. The third-order valence-corrected chi connectivity index (χ3v) is 8.33. The van der Waals surface area contributed by atoms with E-state index in [4.69, 9.17) is 0 Å². The minimum absolute atomic E-state index is 0.000917. The van der Waals surface area contributed by atoms with Crippen molar-refractivity contribution in [3.63, 3.8) is 0 Å². The van der Waals surface area contributed by atoms with Crippen LogP contribution in [0.2, 0.25) is 0 Å². The molecule has 0 atom stereocenters. The third kappa shape index (κ3) is 3.17. The van der Waals surface area contributed by atoms with Gasteiger partial charge in [0.25, 0.3) is 20.0 Å². The Morgan fingerprint density at radius 3 is 1.39 bits per heavy atom. The van der Waals surface area contributed by atoms with Gasteiger partial charge in [-0.15, -0.1) is 0 Å². The first-order chi connectivity index (χ1) is 10.7. The van der Waals surface area contributed by atoms with Gasteiger partial charge in [0.15, 0.2) is 0 Å². The molecule has 0 N–H and O–H groups in total. The molecule has 0 aliphatic heterocycles. The highest BCUT2D eigenvalue weighted by molar-refractivity contribution is 8.04. The molecule has 0 spiro atoms. The second kappa shape index (κ2) is 6.43. The average molecular weight is 353 g/mol. The van der Waals surface area contributed by atoms with Crippen LogP contribution < -0.4 is 0 Å². The lowest BCUT2D eigenvalue weighted by Crippen LogP contribution is -2.37. The molecule has 7 heteroatoms. The van der Waals surface area contributed by atoms with Gasteiger partial charge < -0.3 is 0 Å². The van der Waals surface area contributed by atoms with E-state index in [1.807, 2.05) is 0 Å². The van der Waals surface area contributed by atoms with Gasteiger partial charge in [0.2, 0.25) is 0 Å². The maximum Gasteiger partial charge on any atom is 0.256 e. The monoisotopic (exact) mass is 353 g/mol. The molecule has 0 bridgehead atoms. The molecule has 2 aromatic carbocycles. The fourth-order valence-electron chi connectivity index (χ4n) is 2.38. The smallest absolute Gasteiger partial charge is 0.206 e. The van der Waals surface area contributed by atoms with Gasteiger partial charge >= 0.3 is 0 Å². The molecule has 0 aliphatic rings. The van der Waals surface area contributed by atoms with E-state index >= 15 is 0 Å². The van der Waals surface area contributed by atoms with E-state index in [1.54, 1.807) is 50.2 Å². The lowest BCUT2D eigenvalue weighted by molar-refractivity contribution is 0.505. The van der Waals surface area contributed by atoms with Crippen molar-refractivity contribution < 1.29 is 16.8 Å².